The van der Waals surface area contributed by atoms with Crippen molar-refractivity contribution in [2.24, 2.45) is 0 Å². The Morgan fingerprint density at radius 1 is 1.33 bits per heavy atom. The summed E-state index contributed by atoms with van der Waals surface area (Å²) in [7, 11) is 0. The lowest BCUT2D eigenvalue weighted by Crippen LogP contribution is -2.26. The summed E-state index contributed by atoms with van der Waals surface area (Å²) in [4.78, 5) is 12.7. The molecule has 2 aromatic rings. The minimum absolute atomic E-state index is 0.0601. The first-order chi connectivity index (χ1) is 11.3. The molecule has 0 aliphatic carbocycles. The van der Waals surface area contributed by atoms with Gasteiger partial charge in [-0.1, -0.05) is 36.7 Å². The quantitative estimate of drug-likeness (QED) is 0.773. The van der Waals surface area contributed by atoms with E-state index in [-0.39, 0.29) is 5.69 Å². The Balaban J connectivity index is 2.12. The molecule has 128 valence electrons. The number of rotatable bonds is 3. The van der Waals surface area contributed by atoms with E-state index < -0.39 is 6.89 Å². The number of nitrogens with zero attached hydrogens (tertiary/aromatic N) is 3. The molecule has 2 heterocycles. The van der Waals surface area contributed by atoms with Crippen LogP contribution in [0.5, 0.6) is 0 Å². The lowest BCUT2D eigenvalue weighted by atomic mass is 10.1. The molecule has 0 atom stereocenters. The maximum Gasteiger partial charge on any atom is 0.350 e. The van der Waals surface area contributed by atoms with Crippen molar-refractivity contribution >= 4 is 30.9 Å². The zero-order chi connectivity index (χ0) is 17.5. The number of hydrogen-bond acceptors (Lipinski definition) is 2. The smallest absolute Gasteiger partial charge is 0.279 e. The Kier molecular flexibility index (Phi) is 4.63. The van der Waals surface area contributed by atoms with Gasteiger partial charge in [0.25, 0.3) is 0 Å². The van der Waals surface area contributed by atoms with Gasteiger partial charge < -0.3 is 0 Å². The van der Waals surface area contributed by atoms with Crippen LogP contribution in [0.15, 0.2) is 22.7 Å². The van der Waals surface area contributed by atoms with Crippen LogP contribution in [0.3, 0.4) is 0 Å². The van der Waals surface area contributed by atoms with E-state index in [4.69, 9.17) is 11.6 Å². The van der Waals surface area contributed by atoms with E-state index in [9.17, 15) is 4.79 Å². The molecular formula is C18H23ClN3OP. The van der Waals surface area contributed by atoms with Crippen molar-refractivity contribution in [2.75, 3.05) is 13.3 Å². The maximum absolute atomic E-state index is 12.7. The molecule has 0 radical (unpaired) electrons. The number of halogens is 1. The molecule has 0 spiro atoms. The van der Waals surface area contributed by atoms with E-state index in [2.05, 4.69) is 30.5 Å². The van der Waals surface area contributed by atoms with Crippen molar-refractivity contribution in [2.45, 2.75) is 32.7 Å². The number of aromatic nitrogens is 3. The Morgan fingerprint density at radius 3 is 2.75 bits per heavy atom. The third-order valence-electron chi connectivity index (χ3n) is 4.17. The summed E-state index contributed by atoms with van der Waals surface area (Å²) in [6.45, 7) is 5.70. The summed E-state index contributed by atoms with van der Waals surface area (Å²) in [5.41, 5.74) is 2.58. The standard InChI is InChI=1S/C18H23ClN3OP/c1-13-11-15(19)14(8-10-24(2,3)4)12-16(13)22-18(23)21-9-6-5-7-17(21)20-22/h8,10-12H,2,5-7,9H2,1,3-4H3. The van der Waals surface area contributed by atoms with Gasteiger partial charge in [-0.2, -0.15) is 4.68 Å². The highest BCUT2D eigenvalue weighted by Gasteiger charge is 2.19. The zero-order valence-electron chi connectivity index (χ0n) is 14.4. The predicted molar refractivity (Wildman–Crippen MR) is 105 cm³/mol. The van der Waals surface area contributed by atoms with Gasteiger partial charge in [0.05, 0.1) is 5.69 Å². The predicted octanol–water partition coefficient (Wildman–Crippen LogP) is 4.01. The molecule has 0 N–H and O–H groups in total. The fraction of sp³-hybridized carbons (Fsp3) is 0.389. The van der Waals surface area contributed by atoms with E-state index in [1.165, 1.54) is 4.68 Å². The van der Waals surface area contributed by atoms with Gasteiger partial charge in [-0.05, 0) is 56.4 Å². The summed E-state index contributed by atoms with van der Waals surface area (Å²) in [6.07, 6.45) is 9.18. The highest BCUT2D eigenvalue weighted by Crippen LogP contribution is 2.38. The number of aryl methyl sites for hydroxylation is 2. The van der Waals surface area contributed by atoms with Crippen molar-refractivity contribution in [1.82, 2.24) is 14.3 Å². The third kappa shape index (κ3) is 3.45. The van der Waals surface area contributed by atoms with Gasteiger partial charge in [0.2, 0.25) is 0 Å². The first-order valence-corrected chi connectivity index (χ1v) is 11.4. The Labute approximate surface area is 147 Å². The molecule has 1 aliphatic heterocycles. The minimum atomic E-state index is -1.29. The van der Waals surface area contributed by atoms with E-state index in [0.717, 1.165) is 48.4 Å². The Hall–Kier alpha value is -1.51. The molecule has 0 amide bonds. The summed E-state index contributed by atoms with van der Waals surface area (Å²) in [6, 6.07) is 3.85. The van der Waals surface area contributed by atoms with Crippen molar-refractivity contribution in [3.8, 4) is 5.69 Å². The van der Waals surface area contributed by atoms with Gasteiger partial charge in [-0.25, -0.2) is 4.79 Å². The maximum atomic E-state index is 12.7. The fourth-order valence-electron chi connectivity index (χ4n) is 2.87. The molecule has 1 aromatic heterocycles. The van der Waals surface area contributed by atoms with Crippen LogP contribution in [-0.2, 0) is 13.0 Å². The average molecular weight is 364 g/mol. The molecular weight excluding hydrogens is 341 g/mol. The first kappa shape index (κ1) is 17.3. The van der Waals surface area contributed by atoms with Crippen LogP contribution >= 0.6 is 18.5 Å². The highest BCUT2D eigenvalue weighted by atomic mass is 35.5. The van der Waals surface area contributed by atoms with Crippen LogP contribution in [0.1, 0.15) is 29.8 Å². The molecule has 4 nitrogen and oxygen atoms in total. The van der Waals surface area contributed by atoms with Gasteiger partial charge in [0.15, 0.2) is 0 Å². The lowest BCUT2D eigenvalue weighted by molar-refractivity contribution is 0.512. The molecule has 0 unspecified atom stereocenters. The van der Waals surface area contributed by atoms with E-state index in [0.29, 0.717) is 5.02 Å². The molecule has 3 rings (SSSR count). The molecule has 0 saturated carbocycles. The summed E-state index contributed by atoms with van der Waals surface area (Å²) >= 11 is 6.39. The summed E-state index contributed by atoms with van der Waals surface area (Å²) in [5.74, 6) is 3.00. The summed E-state index contributed by atoms with van der Waals surface area (Å²) in [5, 5.41) is 5.23. The monoisotopic (exact) mass is 363 g/mol. The van der Waals surface area contributed by atoms with Gasteiger partial charge in [0, 0.05) is 18.0 Å². The van der Waals surface area contributed by atoms with Gasteiger partial charge in [0.1, 0.15) is 5.82 Å². The number of fused-ring (bicyclic) bond motifs is 1. The average Bonchev–Trinajstić information content (AvgIpc) is 2.83. The minimum Gasteiger partial charge on any atom is -0.279 e. The van der Waals surface area contributed by atoms with Crippen molar-refractivity contribution in [3.05, 3.63) is 50.4 Å². The Bertz CT molecular complexity index is 917. The van der Waals surface area contributed by atoms with Gasteiger partial charge in [-0.3, -0.25) is 4.57 Å². The van der Waals surface area contributed by atoms with E-state index in [1.807, 2.05) is 25.1 Å². The van der Waals surface area contributed by atoms with Crippen LogP contribution in [0.25, 0.3) is 11.8 Å². The van der Waals surface area contributed by atoms with Crippen LogP contribution in [0.2, 0.25) is 5.02 Å². The van der Waals surface area contributed by atoms with Crippen LogP contribution in [0, 0.1) is 6.92 Å². The SMILES string of the molecule is C=P(C)(C)C=Cc1cc(-n2nc3n(c2=O)CCCC3)c(C)cc1Cl. The van der Waals surface area contributed by atoms with Crippen LogP contribution in [0.4, 0.5) is 0 Å². The van der Waals surface area contributed by atoms with E-state index in [1.54, 1.807) is 4.57 Å². The largest absolute Gasteiger partial charge is 0.350 e. The second-order valence-electron chi connectivity index (χ2n) is 6.97. The van der Waals surface area contributed by atoms with Crippen molar-refractivity contribution in [3.63, 3.8) is 0 Å². The topological polar surface area (TPSA) is 39.8 Å². The fourth-order valence-corrected chi connectivity index (χ4v) is 3.72. The zero-order valence-corrected chi connectivity index (χ0v) is 16.1. The molecule has 1 aromatic carbocycles. The van der Waals surface area contributed by atoms with Crippen molar-refractivity contribution in [1.29, 1.82) is 0 Å². The van der Waals surface area contributed by atoms with Gasteiger partial charge in [-0.15, -0.1) is 5.10 Å². The van der Waals surface area contributed by atoms with Crippen LogP contribution in [-0.4, -0.2) is 34.0 Å². The molecule has 1 aliphatic rings. The van der Waals surface area contributed by atoms with Crippen LogP contribution < -0.4 is 5.69 Å². The van der Waals surface area contributed by atoms with Crippen molar-refractivity contribution < 1.29 is 0 Å². The highest BCUT2D eigenvalue weighted by molar-refractivity contribution is 7.75. The van der Waals surface area contributed by atoms with E-state index >= 15 is 0 Å². The second-order valence-corrected chi connectivity index (χ2v) is 11.2. The Morgan fingerprint density at radius 2 is 2.08 bits per heavy atom. The molecule has 24 heavy (non-hydrogen) atoms. The second kappa shape index (κ2) is 6.42. The molecule has 0 saturated heterocycles. The normalized spacial score (nSPS) is 15.0. The molecule has 0 fully saturated rings. The molecule has 6 heteroatoms. The summed E-state index contributed by atoms with van der Waals surface area (Å²) < 4.78 is 3.31. The number of benzene rings is 1. The molecule has 0 bridgehead atoms. The lowest BCUT2D eigenvalue weighted by Gasteiger charge is -2.10. The first-order valence-electron chi connectivity index (χ1n) is 8.13. The van der Waals surface area contributed by atoms with Gasteiger partial charge >= 0.3 is 5.69 Å². The third-order valence-corrected chi connectivity index (χ3v) is 5.46. The number of hydrogen-bond donors (Lipinski definition) is 0.